The van der Waals surface area contributed by atoms with Crippen molar-refractivity contribution in [3.63, 3.8) is 0 Å². The monoisotopic (exact) mass is 246 g/mol. The van der Waals surface area contributed by atoms with Gasteiger partial charge in [-0.3, -0.25) is 0 Å². The Morgan fingerprint density at radius 2 is 2.33 bits per heavy atom. The average molecular weight is 246 g/mol. The molecule has 0 saturated carbocycles. The molecule has 0 radical (unpaired) electrons. The highest BCUT2D eigenvalue weighted by molar-refractivity contribution is 5.50. The number of aliphatic hydroxyl groups is 1. The minimum Gasteiger partial charge on any atom is -0.488 e. The summed E-state index contributed by atoms with van der Waals surface area (Å²) in [4.78, 5) is 0. The van der Waals surface area contributed by atoms with E-state index >= 15 is 0 Å². The summed E-state index contributed by atoms with van der Waals surface area (Å²) in [5, 5.41) is 21.8. The van der Waals surface area contributed by atoms with Crippen LogP contribution in [0, 0.1) is 0 Å². The highest BCUT2D eigenvalue weighted by atomic mass is 16.5. The largest absolute Gasteiger partial charge is 0.488 e. The molecule has 1 N–H and O–H groups in total. The molecule has 0 bridgehead atoms. The summed E-state index contributed by atoms with van der Waals surface area (Å²) in [6.45, 7) is 3.85. The quantitative estimate of drug-likeness (QED) is 0.806. The Morgan fingerprint density at radius 1 is 1.50 bits per heavy atom. The SMILES string of the molecule is CCc1ccc2c(c1)-n1nnnc1C(C)(O)CO2. The average Bonchev–Trinajstić information content (AvgIpc) is 2.82. The zero-order valence-electron chi connectivity index (χ0n) is 10.3. The van der Waals surface area contributed by atoms with E-state index in [4.69, 9.17) is 4.74 Å². The van der Waals surface area contributed by atoms with Crippen molar-refractivity contribution >= 4 is 0 Å². The molecule has 1 unspecified atom stereocenters. The molecule has 94 valence electrons. The third kappa shape index (κ3) is 1.57. The van der Waals surface area contributed by atoms with Gasteiger partial charge in [0, 0.05) is 0 Å². The van der Waals surface area contributed by atoms with E-state index in [2.05, 4.69) is 22.4 Å². The van der Waals surface area contributed by atoms with E-state index in [0.29, 0.717) is 11.6 Å². The number of hydrogen-bond acceptors (Lipinski definition) is 5. The summed E-state index contributed by atoms with van der Waals surface area (Å²) >= 11 is 0. The van der Waals surface area contributed by atoms with Crippen LogP contribution in [0.2, 0.25) is 0 Å². The molecule has 0 aliphatic carbocycles. The Kier molecular flexibility index (Phi) is 2.34. The van der Waals surface area contributed by atoms with E-state index in [0.717, 1.165) is 12.1 Å². The van der Waals surface area contributed by atoms with Gasteiger partial charge in [0.1, 0.15) is 18.0 Å². The van der Waals surface area contributed by atoms with Crippen LogP contribution >= 0.6 is 0 Å². The maximum atomic E-state index is 10.3. The lowest BCUT2D eigenvalue weighted by Gasteiger charge is -2.17. The first-order valence-electron chi connectivity index (χ1n) is 5.89. The van der Waals surface area contributed by atoms with Crippen LogP contribution in [-0.2, 0) is 12.0 Å². The Morgan fingerprint density at radius 3 is 3.11 bits per heavy atom. The summed E-state index contributed by atoms with van der Waals surface area (Å²) in [5.74, 6) is 1.08. The third-order valence-electron chi connectivity index (χ3n) is 3.12. The van der Waals surface area contributed by atoms with Crippen molar-refractivity contribution in [1.29, 1.82) is 0 Å². The second-order valence-corrected chi connectivity index (χ2v) is 4.63. The molecule has 1 aliphatic rings. The fourth-order valence-corrected chi connectivity index (χ4v) is 2.04. The highest BCUT2D eigenvalue weighted by Gasteiger charge is 2.35. The predicted octanol–water partition coefficient (Wildman–Crippen LogP) is 0.825. The van der Waals surface area contributed by atoms with Crippen molar-refractivity contribution in [2.24, 2.45) is 0 Å². The molecule has 0 saturated heterocycles. The van der Waals surface area contributed by atoms with Crippen LogP contribution < -0.4 is 4.74 Å². The van der Waals surface area contributed by atoms with Crippen molar-refractivity contribution in [2.75, 3.05) is 6.61 Å². The molecule has 0 fully saturated rings. The van der Waals surface area contributed by atoms with E-state index in [-0.39, 0.29) is 6.61 Å². The second kappa shape index (κ2) is 3.78. The van der Waals surface area contributed by atoms with Crippen LogP contribution in [-0.4, -0.2) is 31.9 Å². The second-order valence-electron chi connectivity index (χ2n) is 4.63. The first kappa shape index (κ1) is 11.2. The lowest BCUT2D eigenvalue weighted by atomic mass is 10.1. The lowest BCUT2D eigenvalue weighted by Crippen LogP contribution is -2.31. The molecule has 1 aromatic carbocycles. The Hall–Kier alpha value is -1.95. The minimum atomic E-state index is -1.20. The van der Waals surface area contributed by atoms with Crippen LogP contribution in [0.3, 0.4) is 0 Å². The van der Waals surface area contributed by atoms with Gasteiger partial charge in [-0.2, -0.15) is 4.68 Å². The molecule has 0 amide bonds. The molecule has 0 spiro atoms. The van der Waals surface area contributed by atoms with E-state index in [1.54, 1.807) is 11.6 Å². The molecule has 6 nitrogen and oxygen atoms in total. The standard InChI is InChI=1S/C12H14N4O2/c1-3-8-4-5-10-9(6-8)16-11(13-14-15-16)12(2,17)7-18-10/h4-6,17H,3,7H2,1-2H3. The van der Waals surface area contributed by atoms with Crippen LogP contribution in [0.1, 0.15) is 25.2 Å². The topological polar surface area (TPSA) is 73.1 Å². The molecule has 1 aliphatic heterocycles. The first-order valence-corrected chi connectivity index (χ1v) is 5.89. The van der Waals surface area contributed by atoms with Gasteiger partial charge in [0.15, 0.2) is 11.4 Å². The fourth-order valence-electron chi connectivity index (χ4n) is 2.04. The van der Waals surface area contributed by atoms with Crippen molar-refractivity contribution < 1.29 is 9.84 Å². The summed E-state index contributed by atoms with van der Waals surface area (Å²) < 4.78 is 7.17. The molecule has 1 aromatic heterocycles. The van der Waals surface area contributed by atoms with Gasteiger partial charge in [-0.05, 0) is 41.5 Å². The van der Waals surface area contributed by atoms with Gasteiger partial charge in [-0.25, -0.2) is 0 Å². The number of nitrogens with zero attached hydrogens (tertiary/aromatic N) is 4. The van der Waals surface area contributed by atoms with E-state index in [1.807, 2.05) is 18.2 Å². The third-order valence-corrected chi connectivity index (χ3v) is 3.12. The molecule has 18 heavy (non-hydrogen) atoms. The van der Waals surface area contributed by atoms with Crippen molar-refractivity contribution in [2.45, 2.75) is 25.9 Å². The molecular weight excluding hydrogens is 232 g/mol. The molecule has 2 heterocycles. The number of fused-ring (bicyclic) bond motifs is 3. The summed E-state index contributed by atoms with van der Waals surface area (Å²) in [6, 6.07) is 5.88. The zero-order valence-corrected chi connectivity index (χ0v) is 10.3. The van der Waals surface area contributed by atoms with Crippen molar-refractivity contribution in [1.82, 2.24) is 20.2 Å². The minimum absolute atomic E-state index is 0.131. The number of tetrazole rings is 1. The van der Waals surface area contributed by atoms with Gasteiger partial charge in [-0.1, -0.05) is 13.0 Å². The Bertz CT molecular complexity index is 592. The van der Waals surface area contributed by atoms with Crippen LogP contribution in [0.15, 0.2) is 18.2 Å². The number of rotatable bonds is 1. The Labute approximate surface area is 104 Å². The number of hydrogen-bond donors (Lipinski definition) is 1. The normalized spacial score (nSPS) is 21.7. The number of aryl methyl sites for hydroxylation is 1. The maximum absolute atomic E-state index is 10.3. The van der Waals surface area contributed by atoms with Gasteiger partial charge in [0.05, 0.1) is 0 Å². The van der Waals surface area contributed by atoms with Gasteiger partial charge in [-0.15, -0.1) is 5.10 Å². The van der Waals surface area contributed by atoms with E-state index in [9.17, 15) is 5.11 Å². The van der Waals surface area contributed by atoms with Crippen molar-refractivity contribution in [3.8, 4) is 11.4 Å². The number of ether oxygens (including phenoxy) is 1. The van der Waals surface area contributed by atoms with Crippen LogP contribution in [0.5, 0.6) is 5.75 Å². The summed E-state index contributed by atoms with van der Waals surface area (Å²) in [5.41, 5.74) is 0.738. The van der Waals surface area contributed by atoms with E-state index < -0.39 is 5.60 Å². The molecular formula is C12H14N4O2. The summed E-state index contributed by atoms with van der Waals surface area (Å²) in [6.07, 6.45) is 0.918. The molecule has 2 aromatic rings. The first-order chi connectivity index (χ1) is 8.62. The highest BCUT2D eigenvalue weighted by Crippen LogP contribution is 2.32. The molecule has 1 atom stereocenters. The maximum Gasteiger partial charge on any atom is 0.191 e. The van der Waals surface area contributed by atoms with Crippen LogP contribution in [0.4, 0.5) is 0 Å². The predicted molar refractivity (Wildman–Crippen MR) is 63.6 cm³/mol. The Balaban J connectivity index is 2.24. The summed E-state index contributed by atoms with van der Waals surface area (Å²) in [7, 11) is 0. The van der Waals surface area contributed by atoms with Gasteiger partial charge < -0.3 is 9.84 Å². The van der Waals surface area contributed by atoms with Gasteiger partial charge >= 0.3 is 0 Å². The number of benzene rings is 1. The smallest absolute Gasteiger partial charge is 0.191 e. The van der Waals surface area contributed by atoms with Crippen LogP contribution in [0.25, 0.3) is 5.69 Å². The molecule has 3 rings (SSSR count). The van der Waals surface area contributed by atoms with Gasteiger partial charge in [0.2, 0.25) is 0 Å². The fraction of sp³-hybridized carbons (Fsp3) is 0.417. The zero-order chi connectivity index (χ0) is 12.8. The van der Waals surface area contributed by atoms with Crippen molar-refractivity contribution in [3.05, 3.63) is 29.6 Å². The number of aromatic nitrogens is 4. The molecule has 6 heteroatoms. The lowest BCUT2D eigenvalue weighted by molar-refractivity contribution is 0.00211. The van der Waals surface area contributed by atoms with Gasteiger partial charge in [0.25, 0.3) is 0 Å². The van der Waals surface area contributed by atoms with E-state index in [1.165, 1.54) is 5.56 Å².